The lowest BCUT2D eigenvalue weighted by atomic mass is 10.1. The van der Waals surface area contributed by atoms with Gasteiger partial charge in [-0.15, -0.1) is 0 Å². The highest BCUT2D eigenvalue weighted by Gasteiger charge is 2.36. The van der Waals surface area contributed by atoms with Gasteiger partial charge in [0.2, 0.25) is 5.91 Å². The molecule has 1 aromatic carbocycles. The Morgan fingerprint density at radius 2 is 1.96 bits per heavy atom. The molecule has 1 heterocycles. The van der Waals surface area contributed by atoms with Crippen LogP contribution in [0.1, 0.15) is 27.2 Å². The van der Waals surface area contributed by atoms with E-state index in [9.17, 15) is 9.59 Å². The monoisotopic (exact) mass is 335 g/mol. The zero-order valence-electron chi connectivity index (χ0n) is 14.8. The van der Waals surface area contributed by atoms with Crippen LogP contribution < -0.4 is 20.1 Å². The molecule has 1 aliphatic heterocycles. The normalized spacial score (nSPS) is 17.6. The summed E-state index contributed by atoms with van der Waals surface area (Å²) in [5.41, 5.74) is 0.288. The van der Waals surface area contributed by atoms with Gasteiger partial charge in [-0.05, 0) is 32.9 Å². The highest BCUT2D eigenvalue weighted by atomic mass is 16.5. The molecule has 24 heavy (non-hydrogen) atoms. The Morgan fingerprint density at radius 3 is 2.50 bits per heavy atom. The third-order valence-electron chi connectivity index (χ3n) is 3.93. The van der Waals surface area contributed by atoms with Crippen molar-refractivity contribution in [3.8, 4) is 11.5 Å². The number of methoxy groups -OCH3 is 2. The van der Waals surface area contributed by atoms with Crippen molar-refractivity contribution < 1.29 is 19.1 Å². The van der Waals surface area contributed by atoms with E-state index < -0.39 is 0 Å². The van der Waals surface area contributed by atoms with Crippen molar-refractivity contribution in [3.05, 3.63) is 18.2 Å². The van der Waals surface area contributed by atoms with Crippen LogP contribution in [0, 0.1) is 0 Å². The molecule has 0 saturated carbocycles. The number of anilines is 1. The molecule has 0 spiro atoms. The van der Waals surface area contributed by atoms with E-state index in [0.717, 1.165) is 0 Å². The predicted molar refractivity (Wildman–Crippen MR) is 91.6 cm³/mol. The number of nitrogens with zero attached hydrogens (tertiary/aromatic N) is 1. The maximum absolute atomic E-state index is 12.2. The molecule has 0 aliphatic carbocycles. The van der Waals surface area contributed by atoms with Gasteiger partial charge in [-0.3, -0.25) is 4.79 Å². The van der Waals surface area contributed by atoms with Gasteiger partial charge in [0.25, 0.3) is 0 Å². The smallest absolute Gasteiger partial charge is 0.319 e. The Hall–Kier alpha value is -2.44. The second kappa shape index (κ2) is 6.98. The maximum atomic E-state index is 12.2. The fraction of sp³-hybridized carbons (Fsp3) is 0.529. The van der Waals surface area contributed by atoms with Crippen LogP contribution in [0.4, 0.5) is 10.5 Å². The molecule has 0 radical (unpaired) electrons. The van der Waals surface area contributed by atoms with Gasteiger partial charge in [-0.1, -0.05) is 0 Å². The summed E-state index contributed by atoms with van der Waals surface area (Å²) in [6.45, 7) is 6.45. The van der Waals surface area contributed by atoms with E-state index in [1.54, 1.807) is 30.2 Å². The van der Waals surface area contributed by atoms with E-state index in [1.807, 2.05) is 20.8 Å². The summed E-state index contributed by atoms with van der Waals surface area (Å²) in [6.07, 6.45) is 0.310. The average molecular weight is 335 g/mol. The molecule has 7 nitrogen and oxygen atoms in total. The molecule has 1 atom stereocenters. The van der Waals surface area contributed by atoms with Crippen molar-refractivity contribution in [2.24, 2.45) is 0 Å². The average Bonchev–Trinajstić information content (AvgIpc) is 2.88. The topological polar surface area (TPSA) is 79.9 Å². The molecular weight excluding hydrogens is 310 g/mol. The largest absolute Gasteiger partial charge is 0.497 e. The molecule has 1 aromatic rings. The van der Waals surface area contributed by atoms with Crippen molar-refractivity contribution in [2.45, 2.75) is 38.8 Å². The van der Waals surface area contributed by atoms with Crippen LogP contribution in [0.2, 0.25) is 0 Å². The Kier molecular flexibility index (Phi) is 5.21. The summed E-state index contributed by atoms with van der Waals surface area (Å²) in [5, 5.41) is 5.59. The molecule has 1 aliphatic rings. The number of rotatable bonds is 4. The van der Waals surface area contributed by atoms with Crippen LogP contribution >= 0.6 is 0 Å². The summed E-state index contributed by atoms with van der Waals surface area (Å²) in [7, 11) is 3.08. The van der Waals surface area contributed by atoms with E-state index in [2.05, 4.69) is 10.6 Å². The molecule has 1 saturated heterocycles. The fourth-order valence-electron chi connectivity index (χ4n) is 2.70. The first kappa shape index (κ1) is 17.9. The lowest BCUT2D eigenvalue weighted by Crippen LogP contribution is -2.45. The first-order valence-corrected chi connectivity index (χ1v) is 7.84. The molecule has 3 amide bonds. The zero-order valence-corrected chi connectivity index (χ0v) is 14.8. The SMILES string of the molecule is COc1ccc(NC(=O)NC2CC(=O)N(C(C)(C)C)C2)c(OC)c1. The van der Waals surface area contributed by atoms with Crippen LogP contribution in [0.5, 0.6) is 11.5 Å². The minimum Gasteiger partial charge on any atom is -0.497 e. The molecule has 7 heteroatoms. The third kappa shape index (κ3) is 4.10. The second-order valence-electron chi connectivity index (χ2n) is 6.74. The first-order valence-electron chi connectivity index (χ1n) is 7.84. The summed E-state index contributed by atoms with van der Waals surface area (Å²) in [6, 6.07) is 4.56. The molecule has 0 bridgehead atoms. The molecule has 132 valence electrons. The van der Waals surface area contributed by atoms with Gasteiger partial charge < -0.3 is 25.0 Å². The van der Waals surface area contributed by atoms with Gasteiger partial charge in [-0.2, -0.15) is 0 Å². The van der Waals surface area contributed by atoms with Crippen molar-refractivity contribution in [2.75, 3.05) is 26.1 Å². The first-order chi connectivity index (χ1) is 11.2. The van der Waals surface area contributed by atoms with E-state index in [4.69, 9.17) is 9.47 Å². The third-order valence-corrected chi connectivity index (χ3v) is 3.93. The van der Waals surface area contributed by atoms with Gasteiger partial charge in [-0.25, -0.2) is 4.79 Å². The molecule has 1 unspecified atom stereocenters. The Balaban J connectivity index is 1.98. The number of benzene rings is 1. The van der Waals surface area contributed by atoms with Crippen LogP contribution in [-0.4, -0.2) is 49.2 Å². The summed E-state index contributed by atoms with van der Waals surface area (Å²) < 4.78 is 10.4. The van der Waals surface area contributed by atoms with Crippen LogP contribution in [0.25, 0.3) is 0 Å². The number of urea groups is 1. The van der Waals surface area contributed by atoms with Gasteiger partial charge in [0.15, 0.2) is 0 Å². The Labute approximate surface area is 142 Å². The molecule has 1 fully saturated rings. The minimum absolute atomic E-state index is 0.0508. The standard InChI is InChI=1S/C17H25N3O4/c1-17(2,3)20-10-11(8-15(20)21)18-16(22)19-13-7-6-12(23-4)9-14(13)24-5/h6-7,9,11H,8,10H2,1-5H3,(H2,18,19,22). The number of carbonyl (C=O) groups excluding carboxylic acids is 2. The quantitative estimate of drug-likeness (QED) is 0.884. The molecule has 2 rings (SSSR count). The van der Waals surface area contributed by atoms with E-state index in [0.29, 0.717) is 30.2 Å². The number of hydrogen-bond donors (Lipinski definition) is 2. The number of hydrogen-bond acceptors (Lipinski definition) is 4. The minimum atomic E-state index is -0.368. The van der Waals surface area contributed by atoms with E-state index in [-0.39, 0.29) is 23.5 Å². The van der Waals surface area contributed by atoms with Crippen molar-refractivity contribution in [1.82, 2.24) is 10.2 Å². The molecular formula is C17H25N3O4. The van der Waals surface area contributed by atoms with Gasteiger partial charge >= 0.3 is 6.03 Å². The van der Waals surface area contributed by atoms with Crippen molar-refractivity contribution in [1.29, 1.82) is 0 Å². The zero-order chi connectivity index (χ0) is 17.9. The van der Waals surface area contributed by atoms with E-state index >= 15 is 0 Å². The van der Waals surface area contributed by atoms with Crippen LogP contribution in [-0.2, 0) is 4.79 Å². The molecule has 0 aromatic heterocycles. The highest BCUT2D eigenvalue weighted by molar-refractivity contribution is 5.92. The van der Waals surface area contributed by atoms with Crippen molar-refractivity contribution >= 4 is 17.6 Å². The number of nitrogens with one attached hydrogen (secondary N) is 2. The van der Waals surface area contributed by atoms with Crippen LogP contribution in [0.3, 0.4) is 0 Å². The summed E-state index contributed by atoms with van der Waals surface area (Å²) >= 11 is 0. The summed E-state index contributed by atoms with van der Waals surface area (Å²) in [4.78, 5) is 26.1. The van der Waals surface area contributed by atoms with Crippen molar-refractivity contribution in [3.63, 3.8) is 0 Å². The number of ether oxygens (including phenoxy) is 2. The molecule has 2 N–H and O–H groups in total. The fourth-order valence-corrected chi connectivity index (χ4v) is 2.70. The Morgan fingerprint density at radius 1 is 1.25 bits per heavy atom. The maximum Gasteiger partial charge on any atom is 0.319 e. The highest BCUT2D eigenvalue weighted by Crippen LogP contribution is 2.29. The van der Waals surface area contributed by atoms with Gasteiger partial charge in [0, 0.05) is 24.6 Å². The Bertz CT molecular complexity index is 625. The van der Waals surface area contributed by atoms with Gasteiger partial charge in [0.1, 0.15) is 11.5 Å². The second-order valence-corrected chi connectivity index (χ2v) is 6.74. The number of carbonyl (C=O) groups is 2. The number of likely N-dealkylation sites (tertiary alicyclic amines) is 1. The van der Waals surface area contributed by atoms with Gasteiger partial charge in [0.05, 0.1) is 25.9 Å². The summed E-state index contributed by atoms with van der Waals surface area (Å²) in [5.74, 6) is 1.19. The number of amides is 3. The van der Waals surface area contributed by atoms with Crippen LogP contribution in [0.15, 0.2) is 18.2 Å². The lowest BCUT2D eigenvalue weighted by Gasteiger charge is -2.32. The lowest BCUT2D eigenvalue weighted by molar-refractivity contribution is -0.131. The van der Waals surface area contributed by atoms with E-state index in [1.165, 1.54) is 7.11 Å². The predicted octanol–water partition coefficient (Wildman–Crippen LogP) is 2.22.